The second-order valence-corrected chi connectivity index (χ2v) is 8.95. The SMILES string of the molecule is O=C(NC1CCCC1)C(Cc1ccccc1)N(Cc1ccccc1)C(=O)COc1ccc(F)cc1. The number of rotatable bonds is 10. The van der Waals surface area contributed by atoms with Gasteiger partial charge in [0.25, 0.3) is 5.91 Å². The average Bonchev–Trinajstić information content (AvgIpc) is 3.40. The largest absolute Gasteiger partial charge is 0.484 e. The summed E-state index contributed by atoms with van der Waals surface area (Å²) in [5.74, 6) is -0.428. The van der Waals surface area contributed by atoms with Crippen LogP contribution in [0.3, 0.4) is 0 Å². The van der Waals surface area contributed by atoms with Crippen molar-refractivity contribution in [3.05, 3.63) is 102 Å². The van der Waals surface area contributed by atoms with Gasteiger partial charge in [-0.05, 0) is 48.2 Å². The van der Waals surface area contributed by atoms with Crippen LogP contribution >= 0.6 is 0 Å². The summed E-state index contributed by atoms with van der Waals surface area (Å²) in [6, 6.07) is 24.4. The maximum absolute atomic E-state index is 13.6. The Morgan fingerprint density at radius 3 is 2.11 bits per heavy atom. The second-order valence-electron chi connectivity index (χ2n) is 8.95. The van der Waals surface area contributed by atoms with E-state index < -0.39 is 6.04 Å². The third-order valence-electron chi connectivity index (χ3n) is 6.34. The molecule has 1 fully saturated rings. The molecule has 0 bridgehead atoms. The van der Waals surface area contributed by atoms with E-state index in [0.717, 1.165) is 36.8 Å². The quantitative estimate of drug-likeness (QED) is 0.455. The van der Waals surface area contributed by atoms with Crippen LogP contribution in [0.2, 0.25) is 0 Å². The fourth-order valence-electron chi connectivity index (χ4n) is 4.46. The Morgan fingerprint density at radius 2 is 1.49 bits per heavy atom. The number of benzene rings is 3. The predicted molar refractivity (Wildman–Crippen MR) is 133 cm³/mol. The van der Waals surface area contributed by atoms with Gasteiger partial charge in [0, 0.05) is 19.0 Å². The van der Waals surface area contributed by atoms with Crippen LogP contribution in [0, 0.1) is 5.82 Å². The molecule has 1 aliphatic carbocycles. The van der Waals surface area contributed by atoms with E-state index in [1.165, 1.54) is 24.3 Å². The van der Waals surface area contributed by atoms with Crippen molar-refractivity contribution in [1.29, 1.82) is 0 Å². The lowest BCUT2D eigenvalue weighted by Gasteiger charge is -2.32. The van der Waals surface area contributed by atoms with E-state index >= 15 is 0 Å². The van der Waals surface area contributed by atoms with Gasteiger partial charge >= 0.3 is 0 Å². The molecule has 1 aliphatic rings. The van der Waals surface area contributed by atoms with E-state index in [2.05, 4.69) is 5.32 Å². The number of nitrogens with one attached hydrogen (secondary N) is 1. The van der Waals surface area contributed by atoms with Crippen LogP contribution in [0.15, 0.2) is 84.9 Å². The first-order chi connectivity index (χ1) is 17.1. The first kappa shape index (κ1) is 24.5. The van der Waals surface area contributed by atoms with Gasteiger partial charge in [0.2, 0.25) is 5.91 Å². The van der Waals surface area contributed by atoms with E-state index in [4.69, 9.17) is 4.74 Å². The molecule has 0 aromatic heterocycles. The lowest BCUT2D eigenvalue weighted by atomic mass is 10.0. The lowest BCUT2D eigenvalue weighted by Crippen LogP contribution is -2.53. The third-order valence-corrected chi connectivity index (χ3v) is 6.34. The van der Waals surface area contributed by atoms with Gasteiger partial charge in [-0.3, -0.25) is 9.59 Å². The fourth-order valence-corrected chi connectivity index (χ4v) is 4.46. The third kappa shape index (κ3) is 7.15. The highest BCUT2D eigenvalue weighted by Crippen LogP contribution is 2.20. The average molecular weight is 475 g/mol. The maximum Gasteiger partial charge on any atom is 0.261 e. The van der Waals surface area contributed by atoms with Crippen molar-refractivity contribution in [3.8, 4) is 5.75 Å². The summed E-state index contributed by atoms with van der Waals surface area (Å²) >= 11 is 0. The van der Waals surface area contributed by atoms with Crippen LogP contribution in [0.5, 0.6) is 5.75 Å². The van der Waals surface area contributed by atoms with Crippen molar-refractivity contribution < 1.29 is 18.7 Å². The number of hydrogen-bond acceptors (Lipinski definition) is 3. The van der Waals surface area contributed by atoms with Gasteiger partial charge in [0.1, 0.15) is 17.6 Å². The van der Waals surface area contributed by atoms with E-state index in [-0.39, 0.29) is 36.8 Å². The van der Waals surface area contributed by atoms with Crippen molar-refractivity contribution in [3.63, 3.8) is 0 Å². The summed E-state index contributed by atoms with van der Waals surface area (Å²) in [5.41, 5.74) is 1.90. The monoisotopic (exact) mass is 474 g/mol. The Hall–Kier alpha value is -3.67. The van der Waals surface area contributed by atoms with Crippen LogP contribution < -0.4 is 10.1 Å². The van der Waals surface area contributed by atoms with Gasteiger partial charge < -0.3 is 15.0 Å². The topological polar surface area (TPSA) is 58.6 Å². The zero-order valence-electron chi connectivity index (χ0n) is 19.7. The standard InChI is InChI=1S/C29H31FN2O3/c30-24-15-17-26(18-16-24)35-21-28(33)32(20-23-11-5-2-6-12-23)27(19-22-9-3-1-4-10-22)29(34)31-25-13-7-8-14-25/h1-6,9-12,15-18,25,27H,7-8,13-14,19-21H2,(H,31,34). The highest BCUT2D eigenvalue weighted by Gasteiger charge is 2.32. The summed E-state index contributed by atoms with van der Waals surface area (Å²) in [4.78, 5) is 28.7. The Kier molecular flexibility index (Phi) is 8.49. The van der Waals surface area contributed by atoms with Crippen molar-refractivity contribution in [1.82, 2.24) is 10.2 Å². The van der Waals surface area contributed by atoms with Gasteiger partial charge in [0.05, 0.1) is 0 Å². The molecule has 1 saturated carbocycles. The van der Waals surface area contributed by atoms with Crippen LogP contribution in [0.4, 0.5) is 4.39 Å². The molecule has 4 rings (SSSR count). The number of ether oxygens (including phenoxy) is 1. The van der Waals surface area contributed by atoms with E-state index in [0.29, 0.717) is 12.2 Å². The minimum Gasteiger partial charge on any atom is -0.484 e. The van der Waals surface area contributed by atoms with Crippen LogP contribution in [-0.4, -0.2) is 35.4 Å². The van der Waals surface area contributed by atoms with Crippen molar-refractivity contribution in [2.24, 2.45) is 0 Å². The number of amides is 2. The predicted octanol–water partition coefficient (Wildman–Crippen LogP) is 4.90. The second kappa shape index (κ2) is 12.2. The van der Waals surface area contributed by atoms with Crippen molar-refractivity contribution in [2.75, 3.05) is 6.61 Å². The molecule has 1 N–H and O–H groups in total. The van der Waals surface area contributed by atoms with Crippen LogP contribution in [0.1, 0.15) is 36.8 Å². The molecule has 2 amide bonds. The number of carbonyl (C=O) groups is 2. The summed E-state index contributed by atoms with van der Waals surface area (Å²) in [5, 5.41) is 3.19. The van der Waals surface area contributed by atoms with Crippen LogP contribution in [-0.2, 0) is 22.6 Å². The first-order valence-electron chi connectivity index (χ1n) is 12.1. The molecule has 182 valence electrons. The molecule has 3 aromatic carbocycles. The summed E-state index contributed by atoms with van der Waals surface area (Å²) < 4.78 is 18.9. The number of hydrogen-bond donors (Lipinski definition) is 1. The molecule has 6 heteroatoms. The molecule has 0 heterocycles. The Bertz CT molecular complexity index is 1080. The maximum atomic E-state index is 13.6. The van der Waals surface area contributed by atoms with E-state index in [1.54, 1.807) is 4.90 Å². The normalized spacial score (nSPS) is 14.3. The van der Waals surface area contributed by atoms with Gasteiger partial charge in [-0.1, -0.05) is 73.5 Å². The Morgan fingerprint density at radius 1 is 0.886 bits per heavy atom. The number of halogens is 1. The van der Waals surface area contributed by atoms with E-state index in [1.807, 2.05) is 60.7 Å². The van der Waals surface area contributed by atoms with Gasteiger partial charge in [-0.25, -0.2) is 4.39 Å². The van der Waals surface area contributed by atoms with Gasteiger partial charge in [0.15, 0.2) is 6.61 Å². The molecule has 3 aromatic rings. The molecule has 5 nitrogen and oxygen atoms in total. The molecule has 0 radical (unpaired) electrons. The fraction of sp³-hybridized carbons (Fsp3) is 0.310. The molecular formula is C29H31FN2O3. The molecule has 1 unspecified atom stereocenters. The molecule has 0 saturated heterocycles. The van der Waals surface area contributed by atoms with E-state index in [9.17, 15) is 14.0 Å². The molecule has 35 heavy (non-hydrogen) atoms. The number of nitrogens with zero attached hydrogens (tertiary/aromatic N) is 1. The van der Waals surface area contributed by atoms with Gasteiger partial charge in [-0.2, -0.15) is 0 Å². The lowest BCUT2D eigenvalue weighted by molar-refractivity contribution is -0.143. The summed E-state index contributed by atoms with van der Waals surface area (Å²) in [6.07, 6.45) is 4.53. The van der Waals surface area contributed by atoms with Gasteiger partial charge in [-0.15, -0.1) is 0 Å². The molecular weight excluding hydrogens is 443 g/mol. The van der Waals surface area contributed by atoms with Crippen LogP contribution in [0.25, 0.3) is 0 Å². The molecule has 0 spiro atoms. The molecule has 0 aliphatic heterocycles. The van der Waals surface area contributed by atoms with Crippen molar-refractivity contribution >= 4 is 11.8 Å². The minimum absolute atomic E-state index is 0.143. The Labute approximate surface area is 205 Å². The highest BCUT2D eigenvalue weighted by atomic mass is 19.1. The van der Waals surface area contributed by atoms with Crippen molar-refractivity contribution in [2.45, 2.75) is 50.7 Å². The Balaban J connectivity index is 1.58. The summed E-state index contributed by atoms with van der Waals surface area (Å²) in [6.45, 7) is 0.0303. The zero-order valence-corrected chi connectivity index (χ0v) is 19.7. The molecule has 1 atom stereocenters. The zero-order chi connectivity index (χ0) is 24.5. The number of carbonyl (C=O) groups excluding carboxylic acids is 2. The minimum atomic E-state index is -0.692. The highest BCUT2D eigenvalue weighted by molar-refractivity contribution is 5.88. The smallest absolute Gasteiger partial charge is 0.261 e. The first-order valence-corrected chi connectivity index (χ1v) is 12.1. The summed E-state index contributed by atoms with van der Waals surface area (Å²) in [7, 11) is 0.